The van der Waals surface area contributed by atoms with Crippen LogP contribution in [0.15, 0.2) is 5.38 Å². The second-order valence-corrected chi connectivity index (χ2v) is 6.69. The van der Waals surface area contributed by atoms with Crippen LogP contribution in [0.4, 0.5) is 0 Å². The van der Waals surface area contributed by atoms with Crippen LogP contribution in [0.3, 0.4) is 0 Å². The number of esters is 1. The predicted molar refractivity (Wildman–Crippen MR) is 92.9 cm³/mol. The lowest BCUT2D eigenvalue weighted by molar-refractivity contribution is -0.144. The fourth-order valence-electron chi connectivity index (χ4n) is 2.47. The normalized spacial score (nSPS) is 16.7. The molecule has 0 aliphatic carbocycles. The molecule has 2 rings (SSSR count). The molecule has 1 N–H and O–H groups in total. The highest BCUT2D eigenvalue weighted by atomic mass is 32.1. The van der Waals surface area contributed by atoms with Gasteiger partial charge in [-0.25, -0.2) is 9.78 Å². The zero-order valence-corrected chi connectivity index (χ0v) is 14.9. The molecule has 1 fully saturated rings. The molecule has 1 unspecified atom stereocenters. The Kier molecular flexibility index (Phi) is 6.47. The topological polar surface area (TPSA) is 71.5 Å². The Balaban J connectivity index is 1.82. The maximum Gasteiger partial charge on any atom is 0.328 e. The number of piperidine rings is 1. The Morgan fingerprint density at radius 2 is 2.30 bits per heavy atom. The molecule has 1 aliphatic rings. The molecule has 1 atom stereocenters. The first kappa shape index (κ1) is 17.8. The molecular weight excluding hydrogens is 334 g/mol. The van der Waals surface area contributed by atoms with E-state index in [1.807, 2.05) is 0 Å². The van der Waals surface area contributed by atoms with Gasteiger partial charge in [0, 0.05) is 24.4 Å². The first-order chi connectivity index (χ1) is 11.0. The highest BCUT2D eigenvalue weighted by Crippen LogP contribution is 2.30. The summed E-state index contributed by atoms with van der Waals surface area (Å²) >= 11 is 6.92. The van der Waals surface area contributed by atoms with Gasteiger partial charge in [0.2, 0.25) is 0 Å². The van der Waals surface area contributed by atoms with Crippen LogP contribution in [-0.2, 0) is 9.53 Å². The molecule has 1 aromatic rings. The third-order valence-electron chi connectivity index (χ3n) is 3.77. The van der Waals surface area contributed by atoms with Crippen molar-refractivity contribution in [2.75, 3.05) is 19.7 Å². The van der Waals surface area contributed by atoms with Gasteiger partial charge in [-0.05, 0) is 38.9 Å². The number of rotatable bonds is 5. The van der Waals surface area contributed by atoms with Gasteiger partial charge >= 0.3 is 5.97 Å². The van der Waals surface area contributed by atoms with Gasteiger partial charge in [-0.3, -0.25) is 4.79 Å². The summed E-state index contributed by atoms with van der Waals surface area (Å²) in [5.74, 6) is 0.0733. The number of hydrogen-bond acceptors (Lipinski definition) is 6. The van der Waals surface area contributed by atoms with Gasteiger partial charge in [0.15, 0.2) is 11.4 Å². The second-order valence-electron chi connectivity index (χ2n) is 5.41. The summed E-state index contributed by atoms with van der Waals surface area (Å²) in [6, 6.07) is -0.450. The minimum atomic E-state index is -0.450. The van der Waals surface area contributed by atoms with E-state index >= 15 is 0 Å². The predicted octanol–water partition coefficient (Wildman–Crippen LogP) is 1.96. The summed E-state index contributed by atoms with van der Waals surface area (Å²) in [5.41, 5.74) is 0.507. The summed E-state index contributed by atoms with van der Waals surface area (Å²) in [5, 5.41) is 6.42. The molecule has 0 amide bonds. The van der Waals surface area contributed by atoms with Gasteiger partial charge in [0.1, 0.15) is 11.7 Å². The van der Waals surface area contributed by atoms with Crippen molar-refractivity contribution in [3.05, 3.63) is 16.1 Å². The van der Waals surface area contributed by atoms with Crippen molar-refractivity contribution in [1.29, 1.82) is 0 Å². The van der Waals surface area contributed by atoms with Crippen molar-refractivity contribution in [1.82, 2.24) is 15.2 Å². The lowest BCUT2D eigenvalue weighted by Crippen LogP contribution is -2.49. The number of aldehydes is 1. The minimum Gasteiger partial charge on any atom is -0.464 e. The zero-order chi connectivity index (χ0) is 16.8. The van der Waals surface area contributed by atoms with Gasteiger partial charge in [-0.15, -0.1) is 11.3 Å². The van der Waals surface area contributed by atoms with Crippen LogP contribution in [0, 0.1) is 0 Å². The number of nitrogens with zero attached hydrogens (tertiary/aromatic N) is 2. The molecule has 0 saturated carbocycles. The molecule has 1 saturated heterocycles. The van der Waals surface area contributed by atoms with Crippen LogP contribution >= 0.6 is 23.6 Å². The number of carbonyl (C=O) groups is 2. The molecule has 0 radical (unpaired) electrons. The molecule has 0 spiro atoms. The van der Waals surface area contributed by atoms with E-state index in [4.69, 9.17) is 17.0 Å². The van der Waals surface area contributed by atoms with E-state index in [9.17, 15) is 9.59 Å². The summed E-state index contributed by atoms with van der Waals surface area (Å²) in [6.07, 6.45) is 2.65. The lowest BCUT2D eigenvalue weighted by atomic mass is 9.98. The molecule has 0 aromatic carbocycles. The summed E-state index contributed by atoms with van der Waals surface area (Å²) in [4.78, 5) is 28.8. The number of ether oxygens (including phenoxy) is 1. The minimum absolute atomic E-state index is 0.297. The van der Waals surface area contributed by atoms with E-state index in [1.54, 1.807) is 19.2 Å². The van der Waals surface area contributed by atoms with E-state index in [-0.39, 0.29) is 5.97 Å². The standard InChI is InChI=1S/C15H21N3O3S2/c1-3-21-14(20)10(2)16-15(22)18-6-4-11(5-7-18)13-17-12(8-19)9-23-13/h8-11H,3-7H2,1-2H3,(H,16,22). The van der Waals surface area contributed by atoms with Crippen LogP contribution in [0.25, 0.3) is 0 Å². The molecule has 23 heavy (non-hydrogen) atoms. The van der Waals surface area contributed by atoms with Crippen LogP contribution in [0.1, 0.15) is 48.1 Å². The largest absolute Gasteiger partial charge is 0.464 e. The fraction of sp³-hybridized carbons (Fsp3) is 0.600. The number of aromatic nitrogens is 1. The fourth-order valence-corrected chi connectivity index (χ4v) is 3.77. The molecule has 6 nitrogen and oxygen atoms in total. The van der Waals surface area contributed by atoms with Crippen molar-refractivity contribution in [3.8, 4) is 0 Å². The van der Waals surface area contributed by atoms with Gasteiger partial charge in [0.25, 0.3) is 0 Å². The first-order valence-electron chi connectivity index (χ1n) is 7.67. The average molecular weight is 355 g/mol. The first-order valence-corrected chi connectivity index (χ1v) is 8.96. The van der Waals surface area contributed by atoms with Crippen LogP contribution in [0.5, 0.6) is 0 Å². The van der Waals surface area contributed by atoms with E-state index in [1.165, 1.54) is 11.3 Å². The molecule has 126 valence electrons. The second kappa shape index (κ2) is 8.35. The van der Waals surface area contributed by atoms with Crippen molar-refractivity contribution in [2.24, 2.45) is 0 Å². The van der Waals surface area contributed by atoms with Gasteiger partial charge in [-0.1, -0.05) is 0 Å². The number of carbonyl (C=O) groups excluding carboxylic acids is 2. The number of likely N-dealkylation sites (tertiary alicyclic amines) is 1. The van der Waals surface area contributed by atoms with Crippen molar-refractivity contribution >= 4 is 40.9 Å². The average Bonchev–Trinajstić information content (AvgIpc) is 3.04. The molecular formula is C15H21N3O3S2. The maximum atomic E-state index is 11.6. The highest BCUT2D eigenvalue weighted by molar-refractivity contribution is 7.80. The number of thiazole rings is 1. The SMILES string of the molecule is CCOC(=O)C(C)NC(=S)N1CCC(c2nc(C=O)cs2)CC1. The number of thiocarbonyl (C=S) groups is 1. The van der Waals surface area contributed by atoms with Crippen LogP contribution in [-0.4, -0.2) is 53.0 Å². The summed E-state index contributed by atoms with van der Waals surface area (Å²) < 4.78 is 4.96. The Labute approximate surface area is 145 Å². The molecule has 1 aliphatic heterocycles. The Bertz CT molecular complexity index is 568. The van der Waals surface area contributed by atoms with Gasteiger partial charge < -0.3 is 15.0 Å². The van der Waals surface area contributed by atoms with Crippen molar-refractivity contribution < 1.29 is 14.3 Å². The number of hydrogen-bond donors (Lipinski definition) is 1. The summed E-state index contributed by atoms with van der Waals surface area (Å²) in [7, 11) is 0. The third-order valence-corrected chi connectivity index (χ3v) is 5.17. The van der Waals surface area contributed by atoms with Crippen molar-refractivity contribution in [3.63, 3.8) is 0 Å². The molecule has 2 heterocycles. The molecule has 8 heteroatoms. The summed E-state index contributed by atoms with van der Waals surface area (Å²) in [6.45, 7) is 5.50. The smallest absolute Gasteiger partial charge is 0.328 e. The molecule has 1 aromatic heterocycles. The third kappa shape index (κ3) is 4.71. The lowest BCUT2D eigenvalue weighted by Gasteiger charge is -2.33. The monoisotopic (exact) mass is 355 g/mol. The number of nitrogens with one attached hydrogen (secondary N) is 1. The molecule has 0 bridgehead atoms. The van der Waals surface area contributed by atoms with Gasteiger partial charge in [-0.2, -0.15) is 0 Å². The van der Waals surface area contributed by atoms with Crippen LogP contribution in [0.2, 0.25) is 0 Å². The van der Waals surface area contributed by atoms with E-state index in [2.05, 4.69) is 15.2 Å². The van der Waals surface area contributed by atoms with E-state index < -0.39 is 6.04 Å². The maximum absolute atomic E-state index is 11.6. The van der Waals surface area contributed by atoms with Crippen molar-refractivity contribution in [2.45, 2.75) is 38.6 Å². The van der Waals surface area contributed by atoms with Crippen LogP contribution < -0.4 is 5.32 Å². The van der Waals surface area contributed by atoms with E-state index in [0.29, 0.717) is 23.3 Å². The Morgan fingerprint density at radius 1 is 1.61 bits per heavy atom. The highest BCUT2D eigenvalue weighted by Gasteiger charge is 2.25. The Hall–Kier alpha value is -1.54. The quantitative estimate of drug-likeness (QED) is 0.492. The Morgan fingerprint density at radius 3 is 2.87 bits per heavy atom. The van der Waals surface area contributed by atoms with Gasteiger partial charge in [0.05, 0.1) is 11.6 Å². The van der Waals surface area contributed by atoms with E-state index in [0.717, 1.165) is 37.2 Å². The zero-order valence-electron chi connectivity index (χ0n) is 13.3.